The van der Waals surface area contributed by atoms with E-state index in [1.54, 1.807) is 11.8 Å². The molecule has 0 aliphatic carbocycles. The molecule has 0 bridgehead atoms. The Morgan fingerprint density at radius 3 is 2.17 bits per heavy atom. The molecule has 180 valence electrons. The monoisotopic (exact) mass is 486 g/mol. The zero-order valence-corrected chi connectivity index (χ0v) is 20.7. The van der Waals surface area contributed by atoms with Crippen molar-refractivity contribution >= 4 is 28.3 Å². The molecule has 2 aliphatic rings. The average molecular weight is 487 g/mol. The SMILES string of the molecule is CCS/C(=N\C1(c2ccccc2)N(c2ccccc2)CC(c2ccccc2)=[N+]1[O-])N1CCOCC1. The lowest BCUT2D eigenvalue weighted by Crippen LogP contribution is -2.49. The molecule has 1 fully saturated rings. The van der Waals surface area contributed by atoms with Crippen LogP contribution in [0.3, 0.4) is 0 Å². The number of hydrogen-bond donors (Lipinski definition) is 0. The zero-order chi connectivity index (χ0) is 24.1. The van der Waals surface area contributed by atoms with E-state index >= 15 is 0 Å². The van der Waals surface area contributed by atoms with E-state index in [1.807, 2.05) is 78.9 Å². The number of thioether (sulfide) groups is 1. The van der Waals surface area contributed by atoms with Gasteiger partial charge in [0.05, 0.1) is 18.8 Å². The van der Waals surface area contributed by atoms with Crippen molar-refractivity contribution in [1.82, 2.24) is 4.90 Å². The lowest BCUT2D eigenvalue weighted by Gasteiger charge is -2.36. The topological polar surface area (TPSA) is 54.1 Å². The fourth-order valence-corrected chi connectivity index (χ4v) is 5.47. The standard InChI is InChI=1S/C28H30N4O2S/c1-2-35-27(30-18-20-34-21-19-30)29-28(24-14-8-4-9-15-24)31(25-16-10-5-11-17-25)22-26(32(28)33)23-12-6-3-7-13-23/h3-17H,2,18-22H2,1H3/b29-27-. The Labute approximate surface area is 211 Å². The summed E-state index contributed by atoms with van der Waals surface area (Å²) in [5, 5.41) is 15.4. The number of hydroxylamine groups is 1. The van der Waals surface area contributed by atoms with Crippen LogP contribution in [-0.4, -0.2) is 59.1 Å². The molecule has 0 N–H and O–H groups in total. The van der Waals surface area contributed by atoms with Crippen LogP contribution < -0.4 is 4.90 Å². The van der Waals surface area contributed by atoms with Gasteiger partial charge in [-0.15, -0.1) is 0 Å². The van der Waals surface area contributed by atoms with Gasteiger partial charge >= 0.3 is 5.79 Å². The molecule has 3 aromatic rings. The Kier molecular flexibility index (Phi) is 7.06. The molecule has 1 unspecified atom stereocenters. The first-order chi connectivity index (χ1) is 17.2. The lowest BCUT2D eigenvalue weighted by atomic mass is 10.1. The third-order valence-electron chi connectivity index (χ3n) is 6.36. The third kappa shape index (κ3) is 4.54. The fraction of sp³-hybridized carbons (Fsp3) is 0.286. The number of aliphatic imine (C=N–C) groups is 1. The predicted molar refractivity (Wildman–Crippen MR) is 144 cm³/mol. The number of benzene rings is 3. The molecule has 5 rings (SSSR count). The Hall–Kier alpha value is -3.29. The summed E-state index contributed by atoms with van der Waals surface area (Å²) in [5.41, 5.74) is 3.40. The molecule has 6 nitrogen and oxygen atoms in total. The molecule has 1 atom stereocenters. The number of morpholine rings is 1. The van der Waals surface area contributed by atoms with Crippen LogP contribution in [-0.2, 0) is 10.5 Å². The molecule has 0 radical (unpaired) electrons. The second-order valence-corrected chi connectivity index (χ2v) is 9.69. The van der Waals surface area contributed by atoms with Crippen molar-refractivity contribution < 1.29 is 9.48 Å². The Balaban J connectivity index is 1.77. The van der Waals surface area contributed by atoms with E-state index in [1.165, 1.54) is 0 Å². The van der Waals surface area contributed by atoms with Gasteiger partial charge in [0.1, 0.15) is 6.54 Å². The predicted octanol–water partition coefficient (Wildman–Crippen LogP) is 4.76. The number of ether oxygens (including phenoxy) is 1. The summed E-state index contributed by atoms with van der Waals surface area (Å²) in [6.07, 6.45) is 0. The van der Waals surface area contributed by atoms with Crippen molar-refractivity contribution in [3.05, 3.63) is 107 Å². The number of amidine groups is 1. The summed E-state index contributed by atoms with van der Waals surface area (Å²) in [6.45, 7) is 5.41. The first kappa shape index (κ1) is 23.5. The molecule has 1 saturated heterocycles. The molecule has 0 saturated carbocycles. The number of hydrogen-bond acceptors (Lipinski definition) is 5. The molecular weight excluding hydrogens is 456 g/mol. The van der Waals surface area contributed by atoms with Gasteiger partial charge in [-0.1, -0.05) is 73.3 Å². The maximum atomic E-state index is 14.5. The van der Waals surface area contributed by atoms with E-state index in [0.717, 1.165) is 45.6 Å². The summed E-state index contributed by atoms with van der Waals surface area (Å²) >= 11 is 1.68. The van der Waals surface area contributed by atoms with Gasteiger partial charge in [0.15, 0.2) is 5.17 Å². The van der Waals surface area contributed by atoms with E-state index in [0.29, 0.717) is 25.5 Å². The lowest BCUT2D eigenvalue weighted by molar-refractivity contribution is -0.547. The van der Waals surface area contributed by atoms with Crippen molar-refractivity contribution in [2.75, 3.05) is 43.5 Å². The highest BCUT2D eigenvalue weighted by Crippen LogP contribution is 2.41. The normalized spacial score (nSPS) is 21.0. The van der Waals surface area contributed by atoms with Crippen molar-refractivity contribution in [2.45, 2.75) is 12.7 Å². The average Bonchev–Trinajstić information content (AvgIpc) is 3.23. The van der Waals surface area contributed by atoms with Crippen LogP contribution in [0.5, 0.6) is 0 Å². The molecular formula is C28H30N4O2S. The minimum Gasteiger partial charge on any atom is -0.620 e. The Morgan fingerprint density at radius 1 is 0.943 bits per heavy atom. The van der Waals surface area contributed by atoms with Gasteiger partial charge < -0.3 is 14.8 Å². The van der Waals surface area contributed by atoms with Gasteiger partial charge in [0.2, 0.25) is 5.71 Å². The van der Waals surface area contributed by atoms with Gasteiger partial charge in [-0.2, -0.15) is 9.73 Å². The highest BCUT2D eigenvalue weighted by molar-refractivity contribution is 8.13. The second kappa shape index (κ2) is 10.5. The van der Waals surface area contributed by atoms with E-state index < -0.39 is 5.79 Å². The quantitative estimate of drug-likeness (QED) is 0.225. The van der Waals surface area contributed by atoms with Gasteiger partial charge in [0.25, 0.3) is 0 Å². The minimum atomic E-state index is -1.27. The van der Waals surface area contributed by atoms with Crippen LogP contribution in [0, 0.1) is 5.21 Å². The van der Waals surface area contributed by atoms with Crippen LogP contribution >= 0.6 is 11.8 Å². The van der Waals surface area contributed by atoms with E-state index in [4.69, 9.17) is 9.73 Å². The smallest absolute Gasteiger partial charge is 0.379 e. The second-order valence-electron chi connectivity index (χ2n) is 8.46. The van der Waals surface area contributed by atoms with Crippen molar-refractivity contribution in [1.29, 1.82) is 0 Å². The van der Waals surface area contributed by atoms with Gasteiger partial charge in [-0.05, 0) is 42.2 Å². The van der Waals surface area contributed by atoms with Crippen LogP contribution in [0.25, 0.3) is 0 Å². The van der Waals surface area contributed by atoms with Crippen LogP contribution in [0.4, 0.5) is 5.69 Å². The summed E-state index contributed by atoms with van der Waals surface area (Å²) in [6, 6.07) is 30.0. The highest BCUT2D eigenvalue weighted by atomic mass is 32.2. The van der Waals surface area contributed by atoms with E-state index in [9.17, 15) is 5.21 Å². The summed E-state index contributed by atoms with van der Waals surface area (Å²) in [4.78, 5) is 9.76. The largest absolute Gasteiger partial charge is 0.620 e. The van der Waals surface area contributed by atoms with Crippen LogP contribution in [0.1, 0.15) is 18.1 Å². The molecule has 0 spiro atoms. The number of rotatable bonds is 5. The first-order valence-corrected chi connectivity index (χ1v) is 13.0. The highest BCUT2D eigenvalue weighted by Gasteiger charge is 2.55. The molecule has 2 heterocycles. The molecule has 0 aromatic heterocycles. The van der Waals surface area contributed by atoms with Gasteiger partial charge in [-0.25, -0.2) is 0 Å². The van der Waals surface area contributed by atoms with Gasteiger partial charge in [-0.3, -0.25) is 4.90 Å². The van der Waals surface area contributed by atoms with Gasteiger partial charge in [0, 0.05) is 24.3 Å². The summed E-state index contributed by atoms with van der Waals surface area (Å²) in [5.74, 6) is -0.413. The maximum Gasteiger partial charge on any atom is 0.379 e. The number of nitrogens with zero attached hydrogens (tertiary/aromatic N) is 4. The minimum absolute atomic E-state index is 0.448. The van der Waals surface area contributed by atoms with Crippen LogP contribution in [0.2, 0.25) is 0 Å². The summed E-state index contributed by atoms with van der Waals surface area (Å²) in [7, 11) is 0. The van der Waals surface area contributed by atoms with Crippen LogP contribution in [0.15, 0.2) is 96.0 Å². The molecule has 2 aliphatic heterocycles. The molecule has 7 heteroatoms. The Bertz CT molecular complexity index is 1180. The van der Waals surface area contributed by atoms with Crippen molar-refractivity contribution in [3.8, 4) is 0 Å². The van der Waals surface area contributed by atoms with E-state index in [2.05, 4.69) is 28.9 Å². The maximum absolute atomic E-state index is 14.5. The molecule has 3 aromatic carbocycles. The van der Waals surface area contributed by atoms with Crippen molar-refractivity contribution in [2.24, 2.45) is 4.99 Å². The first-order valence-electron chi connectivity index (χ1n) is 12.1. The van der Waals surface area contributed by atoms with Crippen molar-refractivity contribution in [3.63, 3.8) is 0 Å². The van der Waals surface area contributed by atoms with E-state index in [-0.39, 0.29) is 0 Å². The summed E-state index contributed by atoms with van der Waals surface area (Å²) < 4.78 is 6.73. The number of para-hydroxylation sites is 1. The number of anilines is 1. The Morgan fingerprint density at radius 2 is 1.54 bits per heavy atom. The fourth-order valence-electron chi connectivity index (χ4n) is 4.66. The molecule has 35 heavy (non-hydrogen) atoms. The molecule has 0 amide bonds. The third-order valence-corrected chi connectivity index (χ3v) is 7.25. The zero-order valence-electron chi connectivity index (χ0n) is 19.9.